The maximum Gasteiger partial charge on any atom is 0.254 e. The number of nitrogens with zero attached hydrogens (tertiary/aromatic N) is 1. The molecule has 0 saturated carbocycles. The minimum absolute atomic E-state index is 0.0741. The van der Waals surface area contributed by atoms with Gasteiger partial charge in [-0.05, 0) is 37.6 Å². The van der Waals surface area contributed by atoms with Gasteiger partial charge in [0.25, 0.3) is 5.91 Å². The fourth-order valence-corrected chi connectivity index (χ4v) is 3.00. The number of hydrogen-bond acceptors (Lipinski definition) is 3. The first kappa shape index (κ1) is 16.5. The van der Waals surface area contributed by atoms with Crippen LogP contribution in [0.4, 0.5) is 0 Å². The number of piperazine rings is 1. The first-order chi connectivity index (χ1) is 11.6. The van der Waals surface area contributed by atoms with Gasteiger partial charge < -0.3 is 15.0 Å². The van der Waals surface area contributed by atoms with Gasteiger partial charge >= 0.3 is 0 Å². The molecule has 1 aliphatic heterocycles. The van der Waals surface area contributed by atoms with Gasteiger partial charge in [0.15, 0.2) is 0 Å². The lowest BCUT2D eigenvalue weighted by Gasteiger charge is -2.34. The average Bonchev–Trinajstić information content (AvgIpc) is 2.60. The number of hydrogen-bond donors (Lipinski definition) is 1. The van der Waals surface area contributed by atoms with E-state index in [1.807, 2.05) is 41.3 Å². The molecule has 1 atom stereocenters. The standard InChI is InChI=1S/C20H24N2O2/c1-15-5-3-6-17(11-15)14-24-19-8-4-7-18(12-19)20(23)22-10-9-21-13-16(22)2/h3-8,11-12,16,21H,9-10,13-14H2,1-2H3. The van der Waals surface area contributed by atoms with Crippen LogP contribution in [-0.4, -0.2) is 36.5 Å². The fourth-order valence-electron chi connectivity index (χ4n) is 3.00. The molecule has 24 heavy (non-hydrogen) atoms. The molecule has 0 spiro atoms. The maximum absolute atomic E-state index is 12.7. The van der Waals surface area contributed by atoms with Crippen molar-refractivity contribution in [2.24, 2.45) is 0 Å². The van der Waals surface area contributed by atoms with Crippen molar-refractivity contribution < 1.29 is 9.53 Å². The predicted octanol–water partition coefficient (Wildman–Crippen LogP) is 3.01. The Morgan fingerprint density at radius 3 is 2.88 bits per heavy atom. The van der Waals surface area contributed by atoms with Gasteiger partial charge in [0, 0.05) is 31.2 Å². The van der Waals surface area contributed by atoms with E-state index >= 15 is 0 Å². The number of rotatable bonds is 4. The van der Waals surface area contributed by atoms with Gasteiger partial charge in [0.1, 0.15) is 12.4 Å². The molecule has 2 aromatic carbocycles. The van der Waals surface area contributed by atoms with Crippen LogP contribution in [0.2, 0.25) is 0 Å². The Morgan fingerprint density at radius 1 is 1.25 bits per heavy atom. The van der Waals surface area contributed by atoms with E-state index in [-0.39, 0.29) is 11.9 Å². The first-order valence-corrected chi connectivity index (χ1v) is 8.43. The number of nitrogens with one attached hydrogen (secondary N) is 1. The molecule has 1 unspecified atom stereocenters. The summed E-state index contributed by atoms with van der Waals surface area (Å²) in [5.74, 6) is 0.801. The Morgan fingerprint density at radius 2 is 2.08 bits per heavy atom. The zero-order valence-electron chi connectivity index (χ0n) is 14.3. The van der Waals surface area contributed by atoms with Crippen LogP contribution in [0.15, 0.2) is 48.5 Å². The van der Waals surface area contributed by atoms with Crippen LogP contribution < -0.4 is 10.1 Å². The summed E-state index contributed by atoms with van der Waals surface area (Å²) >= 11 is 0. The zero-order chi connectivity index (χ0) is 16.9. The molecule has 0 radical (unpaired) electrons. The van der Waals surface area contributed by atoms with Crippen molar-refractivity contribution in [2.75, 3.05) is 19.6 Å². The minimum Gasteiger partial charge on any atom is -0.489 e. The first-order valence-electron chi connectivity index (χ1n) is 8.43. The molecular weight excluding hydrogens is 300 g/mol. The monoisotopic (exact) mass is 324 g/mol. The van der Waals surface area contributed by atoms with Gasteiger partial charge in [-0.15, -0.1) is 0 Å². The Balaban J connectivity index is 1.68. The molecule has 4 nitrogen and oxygen atoms in total. The second-order valence-corrected chi connectivity index (χ2v) is 6.36. The molecule has 4 heteroatoms. The van der Waals surface area contributed by atoms with Gasteiger partial charge in [-0.25, -0.2) is 0 Å². The zero-order valence-corrected chi connectivity index (χ0v) is 14.3. The molecule has 126 valence electrons. The lowest BCUT2D eigenvalue weighted by Crippen LogP contribution is -2.52. The highest BCUT2D eigenvalue weighted by Gasteiger charge is 2.24. The Kier molecular flexibility index (Phi) is 5.16. The van der Waals surface area contributed by atoms with Crippen molar-refractivity contribution in [3.63, 3.8) is 0 Å². The van der Waals surface area contributed by atoms with Crippen molar-refractivity contribution in [1.82, 2.24) is 10.2 Å². The molecule has 2 aromatic rings. The molecular formula is C20H24N2O2. The smallest absolute Gasteiger partial charge is 0.254 e. The van der Waals surface area contributed by atoms with E-state index in [1.165, 1.54) is 5.56 Å². The molecule has 1 fully saturated rings. The molecule has 1 aliphatic rings. The summed E-state index contributed by atoms with van der Waals surface area (Å²) in [5.41, 5.74) is 3.03. The third-order valence-corrected chi connectivity index (χ3v) is 4.33. The van der Waals surface area contributed by atoms with Crippen molar-refractivity contribution in [3.8, 4) is 5.75 Å². The van der Waals surface area contributed by atoms with Crippen LogP contribution in [-0.2, 0) is 6.61 Å². The quantitative estimate of drug-likeness (QED) is 0.940. The molecule has 0 aliphatic carbocycles. The summed E-state index contributed by atoms with van der Waals surface area (Å²) in [4.78, 5) is 14.7. The van der Waals surface area contributed by atoms with Crippen molar-refractivity contribution in [3.05, 3.63) is 65.2 Å². The summed E-state index contributed by atoms with van der Waals surface area (Å²) < 4.78 is 5.87. The Labute approximate surface area is 143 Å². The number of benzene rings is 2. The van der Waals surface area contributed by atoms with Crippen molar-refractivity contribution in [1.29, 1.82) is 0 Å². The van der Waals surface area contributed by atoms with E-state index in [0.717, 1.165) is 30.9 Å². The van der Waals surface area contributed by atoms with Crippen LogP contribution in [0.5, 0.6) is 5.75 Å². The summed E-state index contributed by atoms with van der Waals surface area (Å²) in [5, 5.41) is 3.31. The van der Waals surface area contributed by atoms with E-state index < -0.39 is 0 Å². The van der Waals surface area contributed by atoms with Crippen LogP contribution in [0.3, 0.4) is 0 Å². The summed E-state index contributed by atoms with van der Waals surface area (Å²) in [6.07, 6.45) is 0. The number of carbonyl (C=O) groups excluding carboxylic acids is 1. The molecule has 1 heterocycles. The van der Waals surface area contributed by atoms with E-state index in [9.17, 15) is 4.79 Å². The third-order valence-electron chi connectivity index (χ3n) is 4.33. The molecule has 1 saturated heterocycles. The lowest BCUT2D eigenvalue weighted by atomic mass is 10.1. The Bertz CT molecular complexity index is 714. The van der Waals surface area contributed by atoms with E-state index in [4.69, 9.17) is 4.74 Å². The number of aryl methyl sites for hydroxylation is 1. The summed E-state index contributed by atoms with van der Waals surface area (Å²) in [7, 11) is 0. The van der Waals surface area contributed by atoms with E-state index in [0.29, 0.717) is 12.2 Å². The van der Waals surface area contributed by atoms with E-state index in [1.54, 1.807) is 0 Å². The molecule has 0 aromatic heterocycles. The lowest BCUT2D eigenvalue weighted by molar-refractivity contribution is 0.0655. The largest absolute Gasteiger partial charge is 0.489 e. The van der Waals surface area contributed by atoms with Crippen molar-refractivity contribution >= 4 is 5.91 Å². The highest BCUT2D eigenvalue weighted by molar-refractivity contribution is 5.94. The second kappa shape index (κ2) is 7.49. The molecule has 1 N–H and O–H groups in total. The average molecular weight is 324 g/mol. The predicted molar refractivity (Wildman–Crippen MR) is 95.3 cm³/mol. The SMILES string of the molecule is Cc1cccc(COc2cccc(C(=O)N3CCNCC3C)c2)c1. The molecule has 3 rings (SSSR count). The highest BCUT2D eigenvalue weighted by atomic mass is 16.5. The van der Waals surface area contributed by atoms with Gasteiger partial charge in [0.05, 0.1) is 0 Å². The minimum atomic E-state index is 0.0741. The van der Waals surface area contributed by atoms with Gasteiger partial charge in [0.2, 0.25) is 0 Å². The molecule has 0 bridgehead atoms. The van der Waals surface area contributed by atoms with Crippen LogP contribution in [0, 0.1) is 6.92 Å². The molecule has 1 amide bonds. The summed E-state index contributed by atoms with van der Waals surface area (Å²) in [6, 6.07) is 15.9. The second-order valence-electron chi connectivity index (χ2n) is 6.36. The Hall–Kier alpha value is -2.33. The van der Waals surface area contributed by atoms with Gasteiger partial charge in [-0.2, -0.15) is 0 Å². The number of amides is 1. The van der Waals surface area contributed by atoms with E-state index in [2.05, 4.69) is 31.3 Å². The number of carbonyl (C=O) groups is 1. The van der Waals surface area contributed by atoms with Crippen molar-refractivity contribution in [2.45, 2.75) is 26.5 Å². The van der Waals surface area contributed by atoms with Gasteiger partial charge in [-0.3, -0.25) is 4.79 Å². The van der Waals surface area contributed by atoms with Crippen LogP contribution >= 0.6 is 0 Å². The van der Waals surface area contributed by atoms with Gasteiger partial charge in [-0.1, -0.05) is 35.9 Å². The third kappa shape index (κ3) is 3.95. The number of ether oxygens (including phenoxy) is 1. The topological polar surface area (TPSA) is 41.6 Å². The van der Waals surface area contributed by atoms with Crippen LogP contribution in [0.1, 0.15) is 28.4 Å². The normalized spacial score (nSPS) is 17.6. The highest BCUT2D eigenvalue weighted by Crippen LogP contribution is 2.18. The fraction of sp³-hybridized carbons (Fsp3) is 0.350. The summed E-state index contributed by atoms with van der Waals surface area (Å²) in [6.45, 7) is 7.08. The maximum atomic E-state index is 12.7. The van der Waals surface area contributed by atoms with Crippen LogP contribution in [0.25, 0.3) is 0 Å².